The van der Waals surface area contributed by atoms with Gasteiger partial charge >= 0.3 is 0 Å². The van der Waals surface area contributed by atoms with Crippen LogP contribution in [-0.4, -0.2) is 90.2 Å². The first kappa shape index (κ1) is 39.0. The van der Waals surface area contributed by atoms with Gasteiger partial charge in [-0.25, -0.2) is 0 Å². The number of nitrogens with two attached hydrogens (primary N) is 1. The third kappa shape index (κ3) is 8.73. The minimum Gasteiger partial charge on any atom is -0.506 e. The van der Waals surface area contributed by atoms with Crippen LogP contribution in [-0.2, 0) is 20.2 Å². The van der Waals surface area contributed by atoms with E-state index in [9.17, 15) is 31.0 Å². The number of aromatic hydroxyl groups is 1. The molecule has 0 saturated carbocycles. The van der Waals surface area contributed by atoms with Crippen LogP contribution in [0.3, 0.4) is 0 Å². The Kier molecular flexibility index (Phi) is 12.5. The Labute approximate surface area is 331 Å². The average Bonchev–Trinajstić information content (AvgIpc) is 3.06. The van der Waals surface area contributed by atoms with Crippen LogP contribution < -0.4 is 5.73 Å². The topological polar surface area (TPSA) is 204 Å². The molecule has 0 atom stereocenters. The fourth-order valence-corrected chi connectivity index (χ4v) is 6.44. The van der Waals surface area contributed by atoms with Crippen molar-refractivity contribution in [1.29, 1.82) is 0 Å². The maximum Gasteiger partial charge on any atom is 0.295 e. The van der Waals surface area contributed by atoms with Gasteiger partial charge in [-0.3, -0.25) is 9.11 Å². The molecule has 50 heavy (non-hydrogen) atoms. The largest absolute Gasteiger partial charge is 0.506 e. The predicted molar refractivity (Wildman–Crippen MR) is 195 cm³/mol. The molecule has 16 heteroatoms. The van der Waals surface area contributed by atoms with Crippen molar-refractivity contribution in [2.24, 2.45) is 20.5 Å². The van der Waals surface area contributed by atoms with Crippen LogP contribution in [0.5, 0.6) is 5.75 Å². The number of anilines is 1. The van der Waals surface area contributed by atoms with E-state index in [1.54, 1.807) is 30.3 Å². The van der Waals surface area contributed by atoms with Crippen LogP contribution in [0.2, 0.25) is 0 Å². The van der Waals surface area contributed by atoms with Crippen molar-refractivity contribution in [2.75, 3.05) is 5.73 Å². The normalized spacial score (nSPS) is 12.1. The van der Waals surface area contributed by atoms with E-state index in [0.29, 0.717) is 16.8 Å². The fourth-order valence-electron chi connectivity index (χ4n) is 5.03. The summed E-state index contributed by atoms with van der Waals surface area (Å²) in [5, 5.41) is 29.9. The molecule has 6 aromatic rings. The zero-order valence-electron chi connectivity index (χ0n) is 26.7. The zero-order chi connectivity index (χ0) is 34.1. The van der Waals surface area contributed by atoms with E-state index < -0.39 is 30.0 Å². The molecular formula is C34H25N5Na2O7S2. The summed E-state index contributed by atoms with van der Waals surface area (Å²) < 4.78 is 69.3. The average molecular weight is 726 g/mol. The number of nitrogen functional groups attached to an aromatic ring is 1. The van der Waals surface area contributed by atoms with Gasteiger partial charge in [-0.1, -0.05) is 78.9 Å². The molecule has 0 fully saturated rings. The first-order valence-electron chi connectivity index (χ1n) is 14.1. The fraction of sp³-hybridized carbons (Fsp3) is 0. The number of azo groups is 2. The Balaban J connectivity index is 0.00000281. The zero-order valence-corrected chi connectivity index (χ0v) is 32.3. The van der Waals surface area contributed by atoms with Crippen LogP contribution >= 0.6 is 0 Å². The monoisotopic (exact) mass is 725 g/mol. The van der Waals surface area contributed by atoms with E-state index in [1.807, 2.05) is 36.4 Å². The molecule has 0 spiro atoms. The van der Waals surface area contributed by atoms with Crippen molar-refractivity contribution in [3.63, 3.8) is 0 Å². The third-order valence-electron chi connectivity index (χ3n) is 7.35. The summed E-state index contributed by atoms with van der Waals surface area (Å²) in [6.07, 6.45) is 2.52. The molecule has 0 saturated heterocycles. The van der Waals surface area contributed by atoms with Crippen molar-refractivity contribution in [2.45, 2.75) is 9.79 Å². The van der Waals surface area contributed by atoms with Gasteiger partial charge in [0.2, 0.25) is 0 Å². The number of phenols is 1. The number of rotatable bonds is 8. The maximum atomic E-state index is 12.3. The number of fused-ring (bicyclic) bond motifs is 2. The molecule has 0 aliphatic heterocycles. The Hall–Kier alpha value is -3.80. The van der Waals surface area contributed by atoms with Crippen LogP contribution in [0, 0.1) is 0 Å². The molecule has 242 valence electrons. The molecule has 0 bridgehead atoms. The number of benzene rings is 6. The molecule has 6 aromatic carbocycles. The van der Waals surface area contributed by atoms with Crippen LogP contribution in [0.15, 0.2) is 139 Å². The van der Waals surface area contributed by atoms with E-state index in [0.717, 1.165) is 28.3 Å². The van der Waals surface area contributed by atoms with Gasteiger partial charge in [0, 0.05) is 81.0 Å². The second-order valence-electron chi connectivity index (χ2n) is 10.5. The molecule has 0 amide bonds. The smallest absolute Gasteiger partial charge is 0.295 e. The van der Waals surface area contributed by atoms with Gasteiger partial charge in [0.1, 0.15) is 21.2 Å². The summed E-state index contributed by atoms with van der Waals surface area (Å²) in [5.41, 5.74) is 7.44. The van der Waals surface area contributed by atoms with E-state index >= 15 is 0 Å². The van der Waals surface area contributed by atoms with Crippen molar-refractivity contribution in [3.05, 3.63) is 120 Å². The predicted octanol–water partition coefficient (Wildman–Crippen LogP) is 8.01. The standard InChI is InChI=1S/C34H25N5O7S2.2Na/c35-29-16-17-30(28-8-4-3-7-27(28)29)38-36-24-14-11-22(32(19-24)47(41,42)43)9-10-23-12-15-25(20-33(23)48(44,45)46)37-39-34-26-6-2-1-5-21(26)13-18-31(34)40;;/h1-20,40H,35H2,(H,41,42,43)(H,44,45,46);;. The van der Waals surface area contributed by atoms with Crippen molar-refractivity contribution >= 4 is 141 Å². The van der Waals surface area contributed by atoms with Crippen molar-refractivity contribution in [3.8, 4) is 5.75 Å². The molecule has 12 nitrogen and oxygen atoms in total. The van der Waals surface area contributed by atoms with E-state index in [4.69, 9.17) is 5.73 Å². The summed E-state index contributed by atoms with van der Waals surface area (Å²) in [5.74, 6) is -0.132. The molecule has 0 heterocycles. The minimum absolute atomic E-state index is 0. The van der Waals surface area contributed by atoms with Gasteiger partial charge in [-0.2, -0.15) is 27.1 Å². The maximum absolute atomic E-state index is 12.3. The number of phenolic OH excluding ortho intramolecular Hbond substituents is 1. The molecule has 0 aliphatic carbocycles. The van der Waals surface area contributed by atoms with Gasteiger partial charge in [0.05, 0.1) is 17.1 Å². The SMILES string of the molecule is Nc1ccc(N=Nc2ccc(C=Cc3ccc(N=Nc4c(O)ccc5ccccc45)cc3S(=O)(=O)O)c(S(=O)(=O)O)c2)c2ccccc12.[Na].[Na]. The summed E-state index contributed by atoms with van der Waals surface area (Å²) in [7, 11) is -9.56. The first-order valence-corrected chi connectivity index (χ1v) is 17.0. The summed E-state index contributed by atoms with van der Waals surface area (Å²) in [6, 6.07) is 28.8. The second kappa shape index (κ2) is 16.0. The second-order valence-corrected chi connectivity index (χ2v) is 13.3. The van der Waals surface area contributed by atoms with E-state index in [-0.39, 0.29) is 93.1 Å². The summed E-state index contributed by atoms with van der Waals surface area (Å²) >= 11 is 0. The van der Waals surface area contributed by atoms with Crippen LogP contribution in [0.4, 0.5) is 28.4 Å². The Bertz CT molecular complexity index is 2560. The third-order valence-corrected chi connectivity index (χ3v) is 9.16. The van der Waals surface area contributed by atoms with Gasteiger partial charge in [-0.15, -0.1) is 10.2 Å². The molecule has 5 N–H and O–H groups in total. The van der Waals surface area contributed by atoms with Gasteiger partial charge in [-0.05, 0) is 59.0 Å². The van der Waals surface area contributed by atoms with Crippen LogP contribution in [0.25, 0.3) is 33.7 Å². The summed E-state index contributed by atoms with van der Waals surface area (Å²) in [4.78, 5) is -1.04. The number of nitrogens with zero attached hydrogens (tertiary/aromatic N) is 4. The number of hydrogen-bond acceptors (Lipinski definition) is 10. The molecule has 0 aromatic heterocycles. The molecule has 2 radical (unpaired) electrons. The van der Waals surface area contributed by atoms with Gasteiger partial charge in [0.15, 0.2) is 0 Å². The van der Waals surface area contributed by atoms with Crippen molar-refractivity contribution in [1.82, 2.24) is 0 Å². The van der Waals surface area contributed by atoms with Gasteiger partial charge < -0.3 is 10.8 Å². The molecular weight excluding hydrogens is 701 g/mol. The summed E-state index contributed by atoms with van der Waals surface area (Å²) in [6.45, 7) is 0. The molecule has 0 unspecified atom stereocenters. The molecule has 6 rings (SSSR count). The van der Waals surface area contributed by atoms with Crippen LogP contribution in [0.1, 0.15) is 11.1 Å². The van der Waals surface area contributed by atoms with Crippen molar-refractivity contribution < 1.29 is 31.0 Å². The van der Waals surface area contributed by atoms with E-state index in [1.165, 1.54) is 42.5 Å². The Morgan fingerprint density at radius 1 is 0.560 bits per heavy atom. The quantitative estimate of drug-likeness (QED) is 0.0397. The Morgan fingerprint density at radius 2 is 1.08 bits per heavy atom. The van der Waals surface area contributed by atoms with E-state index in [2.05, 4.69) is 20.5 Å². The Morgan fingerprint density at radius 3 is 1.66 bits per heavy atom. The first-order chi connectivity index (χ1) is 22.9. The van der Waals surface area contributed by atoms with Gasteiger partial charge in [0.25, 0.3) is 20.2 Å². The molecule has 0 aliphatic rings. The number of hydrogen-bond donors (Lipinski definition) is 4. The minimum atomic E-state index is -4.79.